The van der Waals surface area contributed by atoms with Gasteiger partial charge in [0.05, 0.1) is 5.02 Å². The molecule has 0 aliphatic heterocycles. The number of nitrogens with two attached hydrogens (primary N) is 1. The van der Waals surface area contributed by atoms with Crippen LogP contribution in [0, 0.1) is 12.7 Å². The molecular formula is C14H13ClFNO. The van der Waals surface area contributed by atoms with Crippen molar-refractivity contribution in [1.29, 1.82) is 0 Å². The molecule has 0 bridgehead atoms. The lowest BCUT2D eigenvalue weighted by atomic mass is 10.2. The highest BCUT2D eigenvalue weighted by atomic mass is 35.5. The molecule has 18 heavy (non-hydrogen) atoms. The maximum Gasteiger partial charge on any atom is 0.146 e. The molecule has 2 rings (SSSR count). The van der Waals surface area contributed by atoms with Crippen molar-refractivity contribution < 1.29 is 9.13 Å². The molecule has 0 amide bonds. The van der Waals surface area contributed by atoms with Gasteiger partial charge in [0.1, 0.15) is 17.3 Å². The maximum absolute atomic E-state index is 13.1. The predicted octanol–water partition coefficient (Wildman–Crippen LogP) is 4.04. The Morgan fingerprint density at radius 3 is 2.61 bits per heavy atom. The zero-order valence-corrected chi connectivity index (χ0v) is 10.7. The van der Waals surface area contributed by atoms with Crippen molar-refractivity contribution in [1.82, 2.24) is 0 Å². The minimum Gasteiger partial charge on any atom is -0.455 e. The molecule has 0 heterocycles. The summed E-state index contributed by atoms with van der Waals surface area (Å²) in [5.41, 5.74) is 7.28. The summed E-state index contributed by atoms with van der Waals surface area (Å²) in [4.78, 5) is 0. The van der Waals surface area contributed by atoms with Crippen molar-refractivity contribution in [3.05, 3.63) is 58.4 Å². The Morgan fingerprint density at radius 1 is 1.17 bits per heavy atom. The molecule has 0 aromatic heterocycles. The molecule has 0 aliphatic rings. The average molecular weight is 266 g/mol. The molecule has 0 spiro atoms. The third kappa shape index (κ3) is 2.81. The Kier molecular flexibility index (Phi) is 3.84. The molecule has 2 nitrogen and oxygen atoms in total. The first-order chi connectivity index (χ1) is 8.60. The van der Waals surface area contributed by atoms with Crippen LogP contribution in [0.25, 0.3) is 0 Å². The van der Waals surface area contributed by atoms with Gasteiger partial charge in [-0.25, -0.2) is 4.39 Å². The van der Waals surface area contributed by atoms with Crippen molar-refractivity contribution in [3.8, 4) is 11.5 Å². The first-order valence-corrected chi connectivity index (χ1v) is 5.90. The van der Waals surface area contributed by atoms with Crippen LogP contribution in [0.2, 0.25) is 5.02 Å². The number of halogens is 2. The summed E-state index contributed by atoms with van der Waals surface area (Å²) in [6.45, 7) is 2.26. The van der Waals surface area contributed by atoms with Crippen LogP contribution in [0.1, 0.15) is 11.1 Å². The number of ether oxygens (including phenoxy) is 1. The van der Waals surface area contributed by atoms with Gasteiger partial charge in [0.2, 0.25) is 0 Å². The highest BCUT2D eigenvalue weighted by Crippen LogP contribution is 2.32. The minimum absolute atomic E-state index is 0.342. The molecule has 0 unspecified atom stereocenters. The van der Waals surface area contributed by atoms with E-state index in [4.69, 9.17) is 22.1 Å². The van der Waals surface area contributed by atoms with Crippen molar-refractivity contribution in [3.63, 3.8) is 0 Å². The van der Waals surface area contributed by atoms with E-state index in [0.717, 1.165) is 11.1 Å². The van der Waals surface area contributed by atoms with Gasteiger partial charge in [-0.1, -0.05) is 23.7 Å². The van der Waals surface area contributed by atoms with Crippen molar-refractivity contribution in [2.45, 2.75) is 13.5 Å². The fourth-order valence-corrected chi connectivity index (χ4v) is 1.80. The van der Waals surface area contributed by atoms with Crippen LogP contribution in [-0.4, -0.2) is 0 Å². The Hall–Kier alpha value is -1.58. The first-order valence-electron chi connectivity index (χ1n) is 5.52. The summed E-state index contributed by atoms with van der Waals surface area (Å²) in [6.07, 6.45) is 0. The highest BCUT2D eigenvalue weighted by Gasteiger charge is 2.07. The van der Waals surface area contributed by atoms with E-state index in [9.17, 15) is 4.39 Å². The molecule has 2 N–H and O–H groups in total. The van der Waals surface area contributed by atoms with Crippen molar-refractivity contribution >= 4 is 11.6 Å². The lowest BCUT2D eigenvalue weighted by Gasteiger charge is -2.11. The van der Waals surface area contributed by atoms with Crippen LogP contribution in [0.4, 0.5) is 4.39 Å². The predicted molar refractivity (Wildman–Crippen MR) is 70.6 cm³/mol. The van der Waals surface area contributed by atoms with Gasteiger partial charge in [0.15, 0.2) is 0 Å². The molecule has 0 radical (unpaired) electrons. The molecule has 4 heteroatoms. The third-order valence-corrected chi connectivity index (χ3v) is 2.90. The van der Waals surface area contributed by atoms with Gasteiger partial charge in [-0.15, -0.1) is 0 Å². The van der Waals surface area contributed by atoms with Gasteiger partial charge in [-0.3, -0.25) is 0 Å². The third-order valence-electron chi connectivity index (χ3n) is 2.60. The smallest absolute Gasteiger partial charge is 0.146 e. The highest BCUT2D eigenvalue weighted by molar-refractivity contribution is 6.32. The SMILES string of the molecule is Cc1ccc(F)cc1Oc1ccc(CN)cc1Cl. The van der Waals surface area contributed by atoms with Gasteiger partial charge in [0, 0.05) is 12.6 Å². The van der Waals surface area contributed by atoms with E-state index in [-0.39, 0.29) is 5.82 Å². The fourth-order valence-electron chi connectivity index (χ4n) is 1.56. The van der Waals surface area contributed by atoms with Crippen LogP contribution < -0.4 is 10.5 Å². The second-order valence-electron chi connectivity index (χ2n) is 3.98. The number of aryl methyl sites for hydroxylation is 1. The summed E-state index contributed by atoms with van der Waals surface area (Å²) < 4.78 is 18.7. The lowest BCUT2D eigenvalue weighted by molar-refractivity contribution is 0.473. The molecule has 0 saturated heterocycles. The topological polar surface area (TPSA) is 35.2 Å². The first kappa shape index (κ1) is 12.9. The van der Waals surface area contributed by atoms with Gasteiger partial charge in [-0.2, -0.15) is 0 Å². The molecule has 94 valence electrons. The lowest BCUT2D eigenvalue weighted by Crippen LogP contribution is -1.96. The zero-order chi connectivity index (χ0) is 13.1. The van der Waals surface area contributed by atoms with E-state index in [1.807, 2.05) is 13.0 Å². The van der Waals surface area contributed by atoms with Crippen molar-refractivity contribution in [2.75, 3.05) is 0 Å². The maximum atomic E-state index is 13.1. The standard InChI is InChI=1S/C14H13ClFNO/c1-9-2-4-11(16)7-14(9)18-13-5-3-10(8-17)6-12(13)15/h2-7H,8,17H2,1H3. The molecule has 2 aromatic rings. The number of hydrogen-bond acceptors (Lipinski definition) is 2. The van der Waals surface area contributed by atoms with Gasteiger partial charge < -0.3 is 10.5 Å². The quantitative estimate of drug-likeness (QED) is 0.909. The monoisotopic (exact) mass is 265 g/mol. The number of rotatable bonds is 3. The Bertz CT molecular complexity index is 572. The molecule has 0 fully saturated rings. The molecule has 0 atom stereocenters. The Balaban J connectivity index is 2.31. The van der Waals surface area contributed by atoms with E-state index in [0.29, 0.717) is 23.1 Å². The van der Waals surface area contributed by atoms with Gasteiger partial charge >= 0.3 is 0 Å². The van der Waals surface area contributed by atoms with E-state index < -0.39 is 0 Å². The molecule has 2 aromatic carbocycles. The summed E-state index contributed by atoms with van der Waals surface area (Å²) >= 11 is 6.08. The Labute approximate surface area is 110 Å². The van der Waals surface area contributed by atoms with E-state index >= 15 is 0 Å². The van der Waals surface area contributed by atoms with Gasteiger partial charge in [0.25, 0.3) is 0 Å². The number of benzene rings is 2. The van der Waals surface area contributed by atoms with Crippen LogP contribution >= 0.6 is 11.6 Å². The summed E-state index contributed by atoms with van der Waals surface area (Å²) in [5, 5.41) is 0.460. The van der Waals surface area contributed by atoms with Crippen LogP contribution in [-0.2, 0) is 6.54 Å². The normalized spacial score (nSPS) is 10.4. The van der Waals surface area contributed by atoms with E-state index in [1.165, 1.54) is 12.1 Å². The molecule has 0 aliphatic carbocycles. The molecular weight excluding hydrogens is 253 g/mol. The zero-order valence-electron chi connectivity index (χ0n) is 9.91. The van der Waals surface area contributed by atoms with Crippen LogP contribution in [0.5, 0.6) is 11.5 Å². The van der Waals surface area contributed by atoms with Crippen molar-refractivity contribution in [2.24, 2.45) is 5.73 Å². The Morgan fingerprint density at radius 2 is 1.94 bits per heavy atom. The van der Waals surface area contributed by atoms with Crippen LogP contribution in [0.3, 0.4) is 0 Å². The minimum atomic E-state index is -0.342. The molecule has 0 saturated carbocycles. The van der Waals surface area contributed by atoms with E-state index in [2.05, 4.69) is 0 Å². The summed E-state index contributed by atoms with van der Waals surface area (Å²) in [6, 6.07) is 9.69. The summed E-state index contributed by atoms with van der Waals surface area (Å²) in [7, 11) is 0. The average Bonchev–Trinajstić information content (AvgIpc) is 2.36. The fraction of sp³-hybridized carbons (Fsp3) is 0.143. The number of hydrogen-bond donors (Lipinski definition) is 1. The largest absolute Gasteiger partial charge is 0.455 e. The van der Waals surface area contributed by atoms with E-state index in [1.54, 1.807) is 18.2 Å². The summed E-state index contributed by atoms with van der Waals surface area (Å²) in [5.74, 6) is 0.602. The second kappa shape index (κ2) is 5.38. The van der Waals surface area contributed by atoms with Crippen LogP contribution in [0.15, 0.2) is 36.4 Å². The second-order valence-corrected chi connectivity index (χ2v) is 4.39. The van der Waals surface area contributed by atoms with Gasteiger partial charge in [-0.05, 0) is 36.2 Å².